The Morgan fingerprint density at radius 2 is 1.68 bits per heavy atom. The average Bonchev–Trinajstić information content (AvgIpc) is 2.74. The molecule has 0 spiro atoms. The highest BCUT2D eigenvalue weighted by Gasteiger charge is 2.05. The van der Waals surface area contributed by atoms with Gasteiger partial charge in [-0.05, 0) is 66.6 Å². The molecule has 0 heterocycles. The number of oxime groups is 1. The van der Waals surface area contributed by atoms with Gasteiger partial charge in [-0.15, -0.1) is 0 Å². The Morgan fingerprint density at radius 3 is 2.36 bits per heavy atom. The summed E-state index contributed by atoms with van der Waals surface area (Å²) in [6.45, 7) is 2.92. The maximum atomic E-state index is 12.2. The highest BCUT2D eigenvalue weighted by atomic mass is 16.6. The molecule has 0 saturated carbocycles. The molecule has 5 heteroatoms. The van der Waals surface area contributed by atoms with Gasteiger partial charge >= 0.3 is 0 Å². The van der Waals surface area contributed by atoms with E-state index in [4.69, 9.17) is 9.57 Å². The number of nitrogens with one attached hydrogen (secondary N) is 1. The SMILES string of the molecule is CCOc1ccc(/C=N\OCc2ccc(C(=O)Nc3ccccc3)cc2)cc1. The van der Waals surface area contributed by atoms with Gasteiger partial charge in [0.25, 0.3) is 5.91 Å². The van der Waals surface area contributed by atoms with Crippen LogP contribution >= 0.6 is 0 Å². The van der Waals surface area contributed by atoms with E-state index in [2.05, 4.69) is 10.5 Å². The second kappa shape index (κ2) is 9.92. The average molecular weight is 374 g/mol. The molecule has 3 aromatic carbocycles. The first-order valence-corrected chi connectivity index (χ1v) is 9.08. The normalized spacial score (nSPS) is 10.6. The molecule has 142 valence electrons. The Kier molecular flexibility index (Phi) is 6.79. The van der Waals surface area contributed by atoms with Crippen molar-refractivity contribution in [3.8, 4) is 5.75 Å². The predicted octanol–water partition coefficient (Wildman–Crippen LogP) is 4.89. The van der Waals surface area contributed by atoms with Crippen LogP contribution in [0.3, 0.4) is 0 Å². The van der Waals surface area contributed by atoms with E-state index in [0.717, 1.165) is 22.6 Å². The number of amides is 1. The fourth-order valence-corrected chi connectivity index (χ4v) is 2.50. The molecule has 0 unspecified atom stereocenters. The van der Waals surface area contributed by atoms with Gasteiger partial charge in [0.2, 0.25) is 0 Å². The molecule has 1 N–H and O–H groups in total. The quantitative estimate of drug-likeness (QED) is 0.451. The van der Waals surface area contributed by atoms with E-state index in [1.54, 1.807) is 18.3 Å². The Hall–Kier alpha value is -3.60. The van der Waals surface area contributed by atoms with Crippen LogP contribution < -0.4 is 10.1 Å². The van der Waals surface area contributed by atoms with Crippen LogP contribution in [-0.2, 0) is 11.4 Å². The number of ether oxygens (including phenoxy) is 1. The monoisotopic (exact) mass is 374 g/mol. The summed E-state index contributed by atoms with van der Waals surface area (Å²) >= 11 is 0. The van der Waals surface area contributed by atoms with E-state index in [9.17, 15) is 4.79 Å². The lowest BCUT2D eigenvalue weighted by molar-refractivity contribution is 0.102. The Balaban J connectivity index is 1.48. The lowest BCUT2D eigenvalue weighted by Gasteiger charge is -2.06. The molecule has 28 heavy (non-hydrogen) atoms. The van der Waals surface area contributed by atoms with Crippen molar-refractivity contribution in [1.29, 1.82) is 0 Å². The van der Waals surface area contributed by atoms with Gasteiger partial charge in [0, 0.05) is 11.3 Å². The molecule has 0 aliphatic carbocycles. The number of rotatable bonds is 8. The number of carbonyl (C=O) groups excluding carboxylic acids is 1. The molecule has 0 bridgehead atoms. The molecule has 3 rings (SSSR count). The van der Waals surface area contributed by atoms with Crippen molar-refractivity contribution in [2.75, 3.05) is 11.9 Å². The second-order valence-corrected chi connectivity index (χ2v) is 6.03. The van der Waals surface area contributed by atoms with Gasteiger partial charge < -0.3 is 14.9 Å². The Labute approximate surface area is 164 Å². The smallest absolute Gasteiger partial charge is 0.255 e. The summed E-state index contributed by atoms with van der Waals surface area (Å²) in [5, 5.41) is 6.84. The van der Waals surface area contributed by atoms with E-state index >= 15 is 0 Å². The first-order valence-electron chi connectivity index (χ1n) is 9.08. The summed E-state index contributed by atoms with van der Waals surface area (Å²) in [7, 11) is 0. The van der Waals surface area contributed by atoms with Crippen molar-refractivity contribution in [3.63, 3.8) is 0 Å². The number of carbonyl (C=O) groups is 1. The minimum absolute atomic E-state index is 0.146. The van der Waals surface area contributed by atoms with E-state index in [-0.39, 0.29) is 5.91 Å². The van der Waals surface area contributed by atoms with Gasteiger partial charge in [0.1, 0.15) is 12.4 Å². The zero-order valence-corrected chi connectivity index (χ0v) is 15.7. The number of hydrogen-bond donors (Lipinski definition) is 1. The van der Waals surface area contributed by atoms with Crippen molar-refractivity contribution >= 4 is 17.8 Å². The van der Waals surface area contributed by atoms with Crippen molar-refractivity contribution in [3.05, 3.63) is 95.6 Å². The van der Waals surface area contributed by atoms with E-state index in [1.807, 2.05) is 73.7 Å². The first-order chi connectivity index (χ1) is 13.7. The van der Waals surface area contributed by atoms with E-state index in [1.165, 1.54) is 0 Å². The summed E-state index contributed by atoms with van der Waals surface area (Å²) in [6, 6.07) is 24.2. The lowest BCUT2D eigenvalue weighted by Crippen LogP contribution is -2.11. The molecule has 0 aromatic heterocycles. The maximum Gasteiger partial charge on any atom is 0.255 e. The fourth-order valence-electron chi connectivity index (χ4n) is 2.50. The van der Waals surface area contributed by atoms with Gasteiger partial charge in [-0.2, -0.15) is 0 Å². The third-order valence-electron chi connectivity index (χ3n) is 3.95. The third-order valence-corrected chi connectivity index (χ3v) is 3.95. The van der Waals surface area contributed by atoms with Crippen LogP contribution in [0.15, 0.2) is 84.0 Å². The van der Waals surface area contributed by atoms with Crippen LogP contribution in [-0.4, -0.2) is 18.7 Å². The Morgan fingerprint density at radius 1 is 0.964 bits per heavy atom. The number of hydrogen-bond acceptors (Lipinski definition) is 4. The molecule has 0 saturated heterocycles. The summed E-state index contributed by atoms with van der Waals surface area (Å²) < 4.78 is 5.40. The molecule has 5 nitrogen and oxygen atoms in total. The maximum absolute atomic E-state index is 12.2. The minimum Gasteiger partial charge on any atom is -0.494 e. The second-order valence-electron chi connectivity index (χ2n) is 6.03. The topological polar surface area (TPSA) is 59.9 Å². The van der Waals surface area contributed by atoms with Crippen LogP contribution in [0.2, 0.25) is 0 Å². The standard InChI is InChI=1S/C23H22N2O3/c1-2-27-22-14-10-18(11-15-22)16-24-28-17-19-8-12-20(13-9-19)23(26)25-21-6-4-3-5-7-21/h3-16H,2,17H2,1H3,(H,25,26)/b24-16-. The van der Waals surface area contributed by atoms with Crippen molar-refractivity contribution in [2.45, 2.75) is 13.5 Å². The number of para-hydroxylation sites is 1. The van der Waals surface area contributed by atoms with Gasteiger partial charge in [-0.25, -0.2) is 0 Å². The van der Waals surface area contributed by atoms with Gasteiger partial charge in [0.05, 0.1) is 12.8 Å². The third kappa shape index (κ3) is 5.71. The number of benzene rings is 3. The van der Waals surface area contributed by atoms with Gasteiger partial charge in [-0.3, -0.25) is 4.79 Å². The molecule has 0 fully saturated rings. The zero-order chi connectivity index (χ0) is 19.6. The summed E-state index contributed by atoms with van der Waals surface area (Å²) in [6.07, 6.45) is 1.65. The highest BCUT2D eigenvalue weighted by molar-refractivity contribution is 6.04. The summed E-state index contributed by atoms with van der Waals surface area (Å²) in [4.78, 5) is 17.6. The molecule has 0 aliphatic heterocycles. The van der Waals surface area contributed by atoms with Crippen LogP contribution in [0.4, 0.5) is 5.69 Å². The van der Waals surface area contributed by atoms with Crippen LogP contribution in [0, 0.1) is 0 Å². The van der Waals surface area contributed by atoms with Crippen LogP contribution in [0.1, 0.15) is 28.4 Å². The number of nitrogens with zero attached hydrogens (tertiary/aromatic N) is 1. The molecular formula is C23H22N2O3. The van der Waals surface area contributed by atoms with E-state index < -0.39 is 0 Å². The van der Waals surface area contributed by atoms with Gasteiger partial charge in [-0.1, -0.05) is 35.5 Å². The molecule has 0 atom stereocenters. The molecule has 3 aromatic rings. The highest BCUT2D eigenvalue weighted by Crippen LogP contribution is 2.12. The van der Waals surface area contributed by atoms with Crippen LogP contribution in [0.25, 0.3) is 0 Å². The summed E-state index contributed by atoms with van der Waals surface area (Å²) in [5.74, 6) is 0.684. The van der Waals surface area contributed by atoms with Crippen LogP contribution in [0.5, 0.6) is 5.75 Å². The van der Waals surface area contributed by atoms with Crippen molar-refractivity contribution in [1.82, 2.24) is 0 Å². The fraction of sp³-hybridized carbons (Fsp3) is 0.130. The number of anilines is 1. The van der Waals surface area contributed by atoms with E-state index in [0.29, 0.717) is 18.8 Å². The predicted molar refractivity (Wildman–Crippen MR) is 111 cm³/mol. The lowest BCUT2D eigenvalue weighted by atomic mass is 10.1. The summed E-state index contributed by atoms with van der Waals surface area (Å²) in [5.41, 5.74) is 3.21. The van der Waals surface area contributed by atoms with Crippen molar-refractivity contribution < 1.29 is 14.4 Å². The molecular weight excluding hydrogens is 352 g/mol. The van der Waals surface area contributed by atoms with Crippen molar-refractivity contribution in [2.24, 2.45) is 5.16 Å². The largest absolute Gasteiger partial charge is 0.494 e. The molecule has 1 amide bonds. The molecule has 0 aliphatic rings. The zero-order valence-electron chi connectivity index (χ0n) is 15.7. The minimum atomic E-state index is -0.146. The molecule has 0 radical (unpaired) electrons. The van der Waals surface area contributed by atoms with Gasteiger partial charge in [0.15, 0.2) is 0 Å². The first kappa shape index (κ1) is 19.2. The Bertz CT molecular complexity index is 905.